The van der Waals surface area contributed by atoms with E-state index in [1.807, 2.05) is 12.1 Å². The van der Waals surface area contributed by atoms with Crippen molar-refractivity contribution in [1.82, 2.24) is 10.6 Å². The van der Waals surface area contributed by atoms with Crippen LogP contribution in [0.25, 0.3) is 0 Å². The third-order valence-electron chi connectivity index (χ3n) is 2.78. The van der Waals surface area contributed by atoms with Gasteiger partial charge in [-0.1, -0.05) is 18.2 Å². The molecule has 1 unspecified atom stereocenters. The van der Waals surface area contributed by atoms with Crippen molar-refractivity contribution in [3.63, 3.8) is 0 Å². The largest absolute Gasteiger partial charge is 0.313 e. The molecule has 0 saturated carbocycles. The zero-order valence-electron chi connectivity index (χ0n) is 11.9. The van der Waals surface area contributed by atoms with E-state index in [4.69, 9.17) is 0 Å². The first kappa shape index (κ1) is 15.1. The fraction of sp³-hybridized carbons (Fsp3) is 0.600. The first-order valence-corrected chi connectivity index (χ1v) is 6.60. The Balaban J connectivity index is 2.24. The minimum absolute atomic E-state index is 0.111. The average Bonchev–Trinajstić information content (AvgIpc) is 2.28. The molecule has 0 aromatic heterocycles. The van der Waals surface area contributed by atoms with Crippen molar-refractivity contribution >= 4 is 0 Å². The smallest absolute Gasteiger partial charge is 0.126 e. The van der Waals surface area contributed by atoms with Gasteiger partial charge in [-0.05, 0) is 52.3 Å². The van der Waals surface area contributed by atoms with Gasteiger partial charge in [0.2, 0.25) is 0 Å². The number of halogens is 1. The normalized spacial score (nSPS) is 13.6. The van der Waals surface area contributed by atoms with Crippen molar-refractivity contribution in [3.8, 4) is 0 Å². The highest BCUT2D eigenvalue weighted by atomic mass is 19.1. The van der Waals surface area contributed by atoms with Crippen LogP contribution >= 0.6 is 0 Å². The van der Waals surface area contributed by atoms with Gasteiger partial charge in [0, 0.05) is 18.1 Å². The summed E-state index contributed by atoms with van der Waals surface area (Å²) in [7, 11) is 0. The lowest BCUT2D eigenvalue weighted by atomic mass is 10.1. The molecule has 0 aliphatic rings. The van der Waals surface area contributed by atoms with E-state index in [0.717, 1.165) is 25.1 Å². The first-order valence-electron chi connectivity index (χ1n) is 6.60. The van der Waals surface area contributed by atoms with Gasteiger partial charge in [-0.25, -0.2) is 4.39 Å². The summed E-state index contributed by atoms with van der Waals surface area (Å²) in [6.45, 7) is 10.3. The van der Waals surface area contributed by atoms with Crippen molar-refractivity contribution in [3.05, 3.63) is 35.6 Å². The third kappa shape index (κ3) is 6.12. The lowest BCUT2D eigenvalue weighted by Gasteiger charge is -2.24. The molecule has 2 nitrogen and oxygen atoms in total. The molecule has 0 saturated heterocycles. The minimum Gasteiger partial charge on any atom is -0.313 e. The van der Waals surface area contributed by atoms with Crippen LogP contribution in [-0.4, -0.2) is 24.7 Å². The van der Waals surface area contributed by atoms with E-state index in [0.29, 0.717) is 6.04 Å². The van der Waals surface area contributed by atoms with Gasteiger partial charge in [-0.15, -0.1) is 0 Å². The van der Waals surface area contributed by atoms with Crippen LogP contribution in [0.2, 0.25) is 0 Å². The Morgan fingerprint density at radius 3 is 2.50 bits per heavy atom. The monoisotopic (exact) mass is 252 g/mol. The second-order valence-electron chi connectivity index (χ2n) is 5.83. The van der Waals surface area contributed by atoms with E-state index >= 15 is 0 Å². The Kier molecular flexibility index (Phi) is 5.76. The maximum atomic E-state index is 13.4. The summed E-state index contributed by atoms with van der Waals surface area (Å²) >= 11 is 0. The molecule has 0 radical (unpaired) electrons. The molecule has 102 valence electrons. The second-order valence-corrected chi connectivity index (χ2v) is 5.83. The van der Waals surface area contributed by atoms with Gasteiger partial charge in [-0.3, -0.25) is 0 Å². The van der Waals surface area contributed by atoms with Crippen LogP contribution in [0.3, 0.4) is 0 Å². The van der Waals surface area contributed by atoms with Gasteiger partial charge in [-0.2, -0.15) is 0 Å². The Morgan fingerprint density at radius 2 is 1.89 bits per heavy atom. The molecule has 0 heterocycles. The summed E-state index contributed by atoms with van der Waals surface area (Å²) in [4.78, 5) is 0. The van der Waals surface area contributed by atoms with Crippen molar-refractivity contribution in [1.29, 1.82) is 0 Å². The van der Waals surface area contributed by atoms with Crippen LogP contribution in [-0.2, 0) is 6.42 Å². The van der Waals surface area contributed by atoms with Crippen molar-refractivity contribution in [2.75, 3.05) is 13.1 Å². The quantitative estimate of drug-likeness (QED) is 0.813. The Hall–Kier alpha value is -0.930. The third-order valence-corrected chi connectivity index (χ3v) is 2.78. The molecule has 0 aliphatic carbocycles. The van der Waals surface area contributed by atoms with E-state index in [1.54, 1.807) is 6.07 Å². The van der Waals surface area contributed by atoms with Gasteiger partial charge in [0.1, 0.15) is 5.82 Å². The SMILES string of the molecule is CC(CNC(C)(C)C)NCCc1ccccc1F. The highest BCUT2D eigenvalue weighted by Gasteiger charge is 2.10. The molecule has 1 rings (SSSR count). The maximum absolute atomic E-state index is 13.4. The lowest BCUT2D eigenvalue weighted by Crippen LogP contribution is -2.45. The molecular weight excluding hydrogens is 227 g/mol. The molecule has 0 fully saturated rings. The predicted molar refractivity (Wildman–Crippen MR) is 75.3 cm³/mol. The van der Waals surface area contributed by atoms with Gasteiger partial charge in [0.05, 0.1) is 0 Å². The second kappa shape index (κ2) is 6.86. The van der Waals surface area contributed by atoms with Gasteiger partial charge in [0.15, 0.2) is 0 Å². The first-order chi connectivity index (χ1) is 8.38. The van der Waals surface area contributed by atoms with Crippen LogP contribution in [0.4, 0.5) is 4.39 Å². The fourth-order valence-electron chi connectivity index (χ4n) is 1.69. The number of benzene rings is 1. The highest BCUT2D eigenvalue weighted by Crippen LogP contribution is 2.06. The van der Waals surface area contributed by atoms with Crippen LogP contribution in [0.5, 0.6) is 0 Å². The van der Waals surface area contributed by atoms with Crippen molar-refractivity contribution in [2.45, 2.75) is 45.7 Å². The number of rotatable bonds is 6. The molecule has 0 aliphatic heterocycles. The molecule has 2 N–H and O–H groups in total. The molecule has 0 amide bonds. The number of hydrogen-bond donors (Lipinski definition) is 2. The van der Waals surface area contributed by atoms with Gasteiger partial charge < -0.3 is 10.6 Å². The van der Waals surface area contributed by atoms with E-state index < -0.39 is 0 Å². The Labute approximate surface area is 110 Å². The molecule has 18 heavy (non-hydrogen) atoms. The van der Waals surface area contributed by atoms with Crippen LogP contribution < -0.4 is 10.6 Å². The Morgan fingerprint density at radius 1 is 1.22 bits per heavy atom. The lowest BCUT2D eigenvalue weighted by molar-refractivity contribution is 0.388. The zero-order chi connectivity index (χ0) is 13.6. The van der Waals surface area contributed by atoms with Crippen molar-refractivity contribution < 1.29 is 4.39 Å². The van der Waals surface area contributed by atoms with Crippen LogP contribution in [0.1, 0.15) is 33.3 Å². The number of hydrogen-bond acceptors (Lipinski definition) is 2. The molecule has 3 heteroatoms. The van der Waals surface area contributed by atoms with Crippen molar-refractivity contribution in [2.24, 2.45) is 0 Å². The summed E-state index contributed by atoms with van der Waals surface area (Å²) in [5.74, 6) is -0.111. The molecule has 1 aromatic rings. The molecule has 1 aromatic carbocycles. The summed E-state index contributed by atoms with van der Waals surface area (Å²) in [6, 6.07) is 7.34. The molecule has 1 atom stereocenters. The van der Waals surface area contributed by atoms with Gasteiger partial charge in [0.25, 0.3) is 0 Å². The maximum Gasteiger partial charge on any atom is 0.126 e. The molecule has 0 spiro atoms. The Bertz CT molecular complexity index is 358. The average molecular weight is 252 g/mol. The van der Waals surface area contributed by atoms with E-state index in [-0.39, 0.29) is 11.4 Å². The minimum atomic E-state index is -0.111. The fourth-order valence-corrected chi connectivity index (χ4v) is 1.69. The number of nitrogens with one attached hydrogen (secondary N) is 2. The van der Waals surface area contributed by atoms with Gasteiger partial charge >= 0.3 is 0 Å². The van der Waals surface area contributed by atoms with E-state index in [2.05, 4.69) is 38.3 Å². The topological polar surface area (TPSA) is 24.1 Å². The summed E-state index contributed by atoms with van der Waals surface area (Å²) in [5, 5.41) is 6.85. The highest BCUT2D eigenvalue weighted by molar-refractivity contribution is 5.17. The van der Waals surface area contributed by atoms with Crippen LogP contribution in [0, 0.1) is 5.82 Å². The predicted octanol–water partition coefficient (Wildman–Crippen LogP) is 2.73. The molecule has 0 bridgehead atoms. The molecular formula is C15H25FN2. The van der Waals surface area contributed by atoms with E-state index in [9.17, 15) is 4.39 Å². The zero-order valence-corrected chi connectivity index (χ0v) is 11.9. The summed E-state index contributed by atoms with van der Waals surface area (Å²) in [5.41, 5.74) is 0.919. The van der Waals surface area contributed by atoms with E-state index in [1.165, 1.54) is 6.07 Å². The standard InChI is InChI=1S/C15H25FN2/c1-12(11-18-15(2,3)4)17-10-9-13-7-5-6-8-14(13)16/h5-8,12,17-18H,9-11H2,1-4H3. The van der Waals surface area contributed by atoms with Crippen LogP contribution in [0.15, 0.2) is 24.3 Å². The summed E-state index contributed by atoms with van der Waals surface area (Å²) in [6.07, 6.45) is 0.729. The summed E-state index contributed by atoms with van der Waals surface area (Å²) < 4.78 is 13.4.